The summed E-state index contributed by atoms with van der Waals surface area (Å²) >= 11 is 0. The van der Waals surface area contributed by atoms with Crippen LogP contribution in [0, 0.1) is 11.6 Å². The van der Waals surface area contributed by atoms with Gasteiger partial charge >= 0.3 is 6.03 Å². The molecule has 0 bridgehead atoms. The van der Waals surface area contributed by atoms with E-state index in [-0.39, 0.29) is 12.6 Å². The Balaban J connectivity index is 1.69. The number of aromatic amines is 1. The second kappa shape index (κ2) is 8.48. The molecule has 0 aliphatic rings. The number of nitrogens with zero attached hydrogens (tertiary/aromatic N) is 1. The summed E-state index contributed by atoms with van der Waals surface area (Å²) in [5.41, 5.74) is 1.11. The van der Waals surface area contributed by atoms with Crippen molar-refractivity contribution < 1.29 is 18.3 Å². The SMILES string of the molecule is CCCCNC(=O)Nc1n[nH]c2ccc(OCc3cc(F)cc(F)c3)cc12. The fourth-order valence-electron chi connectivity index (χ4n) is 2.57. The van der Waals surface area contributed by atoms with E-state index >= 15 is 0 Å². The number of amides is 2. The number of rotatable bonds is 7. The highest BCUT2D eigenvalue weighted by molar-refractivity contribution is 5.99. The van der Waals surface area contributed by atoms with Gasteiger partial charge in [-0.15, -0.1) is 0 Å². The monoisotopic (exact) mass is 374 g/mol. The minimum absolute atomic E-state index is 0.0122. The van der Waals surface area contributed by atoms with E-state index in [0.717, 1.165) is 24.4 Å². The number of carbonyl (C=O) groups excluding carboxylic acids is 1. The van der Waals surface area contributed by atoms with E-state index in [1.807, 2.05) is 6.92 Å². The Hall–Kier alpha value is -3.16. The fraction of sp³-hybridized carbons (Fsp3) is 0.263. The van der Waals surface area contributed by atoms with Crippen molar-refractivity contribution in [2.75, 3.05) is 11.9 Å². The van der Waals surface area contributed by atoms with E-state index in [0.29, 0.717) is 29.1 Å². The summed E-state index contributed by atoms with van der Waals surface area (Å²) in [5, 5.41) is 13.0. The third-order valence-electron chi connectivity index (χ3n) is 3.91. The minimum Gasteiger partial charge on any atom is -0.489 e. The highest BCUT2D eigenvalue weighted by atomic mass is 19.1. The molecule has 142 valence electrons. The molecule has 3 rings (SSSR count). The predicted molar refractivity (Wildman–Crippen MR) is 98.7 cm³/mol. The molecule has 8 heteroatoms. The first-order chi connectivity index (χ1) is 13.0. The zero-order valence-corrected chi connectivity index (χ0v) is 14.8. The highest BCUT2D eigenvalue weighted by Gasteiger charge is 2.10. The highest BCUT2D eigenvalue weighted by Crippen LogP contribution is 2.26. The lowest BCUT2D eigenvalue weighted by molar-refractivity contribution is 0.252. The van der Waals surface area contributed by atoms with Crippen LogP contribution in [0.2, 0.25) is 0 Å². The van der Waals surface area contributed by atoms with Crippen LogP contribution in [0.15, 0.2) is 36.4 Å². The standard InChI is InChI=1S/C19H20F2N4O2/c1-2-3-6-22-19(26)23-18-16-10-15(4-5-17(16)24-25-18)27-11-12-7-13(20)9-14(21)8-12/h4-5,7-10H,2-3,6,11H2,1H3,(H3,22,23,24,25,26). The lowest BCUT2D eigenvalue weighted by atomic mass is 10.2. The van der Waals surface area contributed by atoms with Gasteiger partial charge in [0.1, 0.15) is 24.0 Å². The summed E-state index contributed by atoms with van der Waals surface area (Å²) < 4.78 is 32.1. The molecule has 6 nitrogen and oxygen atoms in total. The molecule has 3 aromatic rings. The van der Waals surface area contributed by atoms with Crippen molar-refractivity contribution in [3.63, 3.8) is 0 Å². The van der Waals surface area contributed by atoms with E-state index in [1.165, 1.54) is 12.1 Å². The Morgan fingerprint density at radius 2 is 1.96 bits per heavy atom. The summed E-state index contributed by atoms with van der Waals surface area (Å²) in [4.78, 5) is 11.9. The van der Waals surface area contributed by atoms with Gasteiger partial charge in [0.25, 0.3) is 0 Å². The quantitative estimate of drug-likeness (QED) is 0.538. The van der Waals surface area contributed by atoms with Crippen molar-refractivity contribution in [1.82, 2.24) is 15.5 Å². The zero-order chi connectivity index (χ0) is 19.2. The third-order valence-corrected chi connectivity index (χ3v) is 3.91. The normalized spacial score (nSPS) is 10.8. The molecule has 27 heavy (non-hydrogen) atoms. The number of fused-ring (bicyclic) bond motifs is 1. The number of aromatic nitrogens is 2. The number of unbranched alkanes of at least 4 members (excludes halogenated alkanes) is 1. The first-order valence-corrected chi connectivity index (χ1v) is 8.66. The van der Waals surface area contributed by atoms with Crippen molar-refractivity contribution in [3.05, 3.63) is 53.6 Å². The maximum absolute atomic E-state index is 13.3. The van der Waals surface area contributed by atoms with Crippen LogP contribution in [-0.4, -0.2) is 22.8 Å². The van der Waals surface area contributed by atoms with Gasteiger partial charge < -0.3 is 10.1 Å². The van der Waals surface area contributed by atoms with Crippen molar-refractivity contribution >= 4 is 22.8 Å². The first-order valence-electron chi connectivity index (χ1n) is 8.66. The molecular weight excluding hydrogens is 354 g/mol. The number of hydrogen-bond donors (Lipinski definition) is 3. The summed E-state index contributed by atoms with van der Waals surface area (Å²) in [7, 11) is 0. The molecule has 0 radical (unpaired) electrons. The van der Waals surface area contributed by atoms with Crippen molar-refractivity contribution in [2.45, 2.75) is 26.4 Å². The van der Waals surface area contributed by atoms with Gasteiger partial charge in [0.05, 0.1) is 5.52 Å². The molecule has 0 unspecified atom stereocenters. The van der Waals surface area contributed by atoms with Crippen molar-refractivity contribution in [1.29, 1.82) is 0 Å². The summed E-state index contributed by atoms with van der Waals surface area (Å²) in [6.07, 6.45) is 1.88. The zero-order valence-electron chi connectivity index (χ0n) is 14.8. The average Bonchev–Trinajstić information content (AvgIpc) is 3.01. The number of halogens is 2. The average molecular weight is 374 g/mol. The van der Waals surface area contributed by atoms with Crippen LogP contribution in [0.1, 0.15) is 25.3 Å². The van der Waals surface area contributed by atoms with Crippen LogP contribution in [-0.2, 0) is 6.61 Å². The van der Waals surface area contributed by atoms with Gasteiger partial charge in [-0.25, -0.2) is 13.6 Å². The van der Waals surface area contributed by atoms with E-state index in [1.54, 1.807) is 18.2 Å². The van der Waals surface area contributed by atoms with Gasteiger partial charge in [-0.2, -0.15) is 5.10 Å². The molecule has 0 atom stereocenters. The van der Waals surface area contributed by atoms with Crippen LogP contribution < -0.4 is 15.4 Å². The number of anilines is 1. The second-order valence-electron chi connectivity index (χ2n) is 6.08. The Morgan fingerprint density at radius 3 is 2.70 bits per heavy atom. The third kappa shape index (κ3) is 4.93. The van der Waals surface area contributed by atoms with E-state index in [9.17, 15) is 13.6 Å². The maximum Gasteiger partial charge on any atom is 0.320 e. The van der Waals surface area contributed by atoms with Crippen LogP contribution in [0.4, 0.5) is 19.4 Å². The number of benzene rings is 2. The molecule has 0 saturated carbocycles. The summed E-state index contributed by atoms with van der Waals surface area (Å²) in [5.74, 6) is -0.442. The van der Waals surface area contributed by atoms with Crippen LogP contribution in [0.3, 0.4) is 0 Å². The van der Waals surface area contributed by atoms with Crippen molar-refractivity contribution in [3.8, 4) is 5.75 Å². The fourth-order valence-corrected chi connectivity index (χ4v) is 2.57. The lowest BCUT2D eigenvalue weighted by Gasteiger charge is -2.08. The van der Waals surface area contributed by atoms with Gasteiger partial charge in [0.2, 0.25) is 0 Å². The molecule has 0 spiro atoms. The number of carbonyl (C=O) groups is 1. The van der Waals surface area contributed by atoms with Crippen LogP contribution in [0.25, 0.3) is 10.9 Å². The smallest absolute Gasteiger partial charge is 0.320 e. The van der Waals surface area contributed by atoms with E-state index in [2.05, 4.69) is 20.8 Å². The van der Waals surface area contributed by atoms with Gasteiger partial charge in [-0.05, 0) is 42.3 Å². The van der Waals surface area contributed by atoms with Crippen molar-refractivity contribution in [2.24, 2.45) is 0 Å². The summed E-state index contributed by atoms with van der Waals surface area (Å²) in [6, 6.07) is 8.07. The number of hydrogen-bond acceptors (Lipinski definition) is 3. The molecule has 1 aromatic heterocycles. The minimum atomic E-state index is -0.653. The Kier molecular flexibility index (Phi) is 5.85. The van der Waals surface area contributed by atoms with Gasteiger partial charge in [-0.1, -0.05) is 13.3 Å². The summed E-state index contributed by atoms with van der Waals surface area (Å²) in [6.45, 7) is 2.64. The molecule has 3 N–H and O–H groups in total. The Morgan fingerprint density at radius 1 is 1.19 bits per heavy atom. The Bertz CT molecular complexity index is 922. The number of urea groups is 1. The van der Waals surface area contributed by atoms with E-state index in [4.69, 9.17) is 4.74 Å². The first kappa shape index (κ1) is 18.6. The van der Waals surface area contributed by atoms with Crippen LogP contribution >= 0.6 is 0 Å². The van der Waals surface area contributed by atoms with Crippen LogP contribution in [0.5, 0.6) is 5.75 Å². The molecule has 0 fully saturated rings. The molecule has 2 aromatic carbocycles. The second-order valence-corrected chi connectivity index (χ2v) is 6.08. The molecule has 0 aliphatic heterocycles. The van der Waals surface area contributed by atoms with Gasteiger partial charge in [0, 0.05) is 18.0 Å². The number of H-pyrrole nitrogens is 1. The topological polar surface area (TPSA) is 79.0 Å². The molecule has 2 amide bonds. The molecule has 0 aliphatic carbocycles. The Labute approximate surface area is 154 Å². The van der Waals surface area contributed by atoms with E-state index < -0.39 is 11.6 Å². The predicted octanol–water partition coefficient (Wildman–Crippen LogP) is 4.34. The van der Waals surface area contributed by atoms with Gasteiger partial charge in [0.15, 0.2) is 5.82 Å². The maximum atomic E-state index is 13.3. The largest absolute Gasteiger partial charge is 0.489 e. The lowest BCUT2D eigenvalue weighted by Crippen LogP contribution is -2.29. The molecule has 1 heterocycles. The number of ether oxygens (including phenoxy) is 1. The molecular formula is C19H20F2N4O2. The molecule has 0 saturated heterocycles. The number of nitrogens with one attached hydrogen (secondary N) is 3. The van der Waals surface area contributed by atoms with Gasteiger partial charge in [-0.3, -0.25) is 10.4 Å².